The molecule has 1 fully saturated rings. The fraction of sp³-hybridized carbons (Fsp3) is 0.417. The number of allylic oxidation sites excluding steroid dienone is 1. The van der Waals surface area contributed by atoms with Crippen molar-refractivity contribution < 1.29 is 8.42 Å². The minimum atomic E-state index is -3.53. The van der Waals surface area contributed by atoms with Crippen molar-refractivity contribution >= 4 is 10.0 Å². The van der Waals surface area contributed by atoms with Crippen molar-refractivity contribution in [1.29, 1.82) is 0 Å². The van der Waals surface area contributed by atoms with Gasteiger partial charge in [0.15, 0.2) is 0 Å². The van der Waals surface area contributed by atoms with Crippen molar-refractivity contribution in [3.63, 3.8) is 0 Å². The number of aryl methyl sites for hydroxylation is 3. The van der Waals surface area contributed by atoms with Crippen molar-refractivity contribution in [3.05, 3.63) is 76.9 Å². The summed E-state index contributed by atoms with van der Waals surface area (Å²) in [4.78, 5) is 0.468. The molecule has 3 rings (SSSR count). The molecule has 1 heterocycles. The smallest absolute Gasteiger partial charge is 0.207 e. The lowest BCUT2D eigenvalue weighted by Crippen LogP contribution is -2.19. The Morgan fingerprint density at radius 3 is 2.21 bits per heavy atom. The first-order valence-corrected chi connectivity index (χ1v) is 11.5. The van der Waals surface area contributed by atoms with Crippen molar-refractivity contribution in [2.75, 3.05) is 0 Å². The van der Waals surface area contributed by atoms with Gasteiger partial charge in [-0.3, -0.25) is 0 Å². The number of rotatable bonds is 7. The molecule has 150 valence electrons. The lowest BCUT2D eigenvalue weighted by molar-refractivity contribution is 0.547. The lowest BCUT2D eigenvalue weighted by Gasteiger charge is -2.13. The Labute approximate surface area is 170 Å². The summed E-state index contributed by atoms with van der Waals surface area (Å²) >= 11 is 0. The van der Waals surface area contributed by atoms with Crippen molar-refractivity contribution in [3.8, 4) is 0 Å². The molecular weight excluding hydrogens is 366 g/mol. The van der Waals surface area contributed by atoms with E-state index < -0.39 is 10.0 Å². The minimum absolute atomic E-state index is 0.0177. The molecule has 3 nitrogen and oxygen atoms in total. The Balaban J connectivity index is 1.93. The maximum Gasteiger partial charge on any atom is 0.244 e. The van der Waals surface area contributed by atoms with Crippen LogP contribution in [0.4, 0.5) is 0 Å². The molecule has 3 unspecified atom stereocenters. The Morgan fingerprint density at radius 2 is 1.64 bits per heavy atom. The standard InChI is InChI=1S/C24H31NO2S/c1-17(2)10-9-13-22-23(16-21-11-7-6-8-12-21)25(22)28(26,27)24-19(4)14-18(3)15-20(24)5/h6-9,11-15,17,22-23H,10,16H2,1-5H3/b13-9+. The first-order valence-electron chi connectivity index (χ1n) is 10.0. The molecule has 0 spiro atoms. The molecule has 28 heavy (non-hydrogen) atoms. The second kappa shape index (κ2) is 8.22. The van der Waals surface area contributed by atoms with E-state index in [-0.39, 0.29) is 12.1 Å². The van der Waals surface area contributed by atoms with Crippen molar-refractivity contribution in [1.82, 2.24) is 4.31 Å². The van der Waals surface area contributed by atoms with Crippen LogP contribution in [0.3, 0.4) is 0 Å². The summed E-state index contributed by atoms with van der Waals surface area (Å²) < 4.78 is 28.8. The molecule has 0 bridgehead atoms. The van der Waals surface area contributed by atoms with Gasteiger partial charge in [0.1, 0.15) is 0 Å². The molecule has 0 aromatic heterocycles. The molecule has 4 heteroatoms. The molecular formula is C24H31NO2S. The molecule has 0 radical (unpaired) electrons. The number of hydrogen-bond donors (Lipinski definition) is 0. The van der Waals surface area contributed by atoms with E-state index in [1.807, 2.05) is 51.1 Å². The van der Waals surface area contributed by atoms with Gasteiger partial charge in [-0.15, -0.1) is 0 Å². The van der Waals surface area contributed by atoms with Crippen LogP contribution in [0.15, 0.2) is 59.5 Å². The van der Waals surface area contributed by atoms with Gasteiger partial charge < -0.3 is 0 Å². The van der Waals surface area contributed by atoms with E-state index in [1.54, 1.807) is 4.31 Å². The van der Waals surface area contributed by atoms with E-state index in [0.29, 0.717) is 10.8 Å². The molecule has 0 amide bonds. The first kappa shape index (κ1) is 20.8. The van der Waals surface area contributed by atoms with Gasteiger partial charge in [-0.05, 0) is 56.2 Å². The summed E-state index contributed by atoms with van der Waals surface area (Å²) in [7, 11) is -3.53. The summed E-state index contributed by atoms with van der Waals surface area (Å²) in [5, 5.41) is 0. The highest BCUT2D eigenvalue weighted by Gasteiger charge is 2.54. The lowest BCUT2D eigenvalue weighted by atomic mass is 10.1. The maximum absolute atomic E-state index is 13.5. The second-order valence-electron chi connectivity index (χ2n) is 8.37. The van der Waals surface area contributed by atoms with Crippen LogP contribution >= 0.6 is 0 Å². The van der Waals surface area contributed by atoms with Gasteiger partial charge in [-0.2, -0.15) is 4.31 Å². The topological polar surface area (TPSA) is 37.1 Å². The van der Waals surface area contributed by atoms with Crippen molar-refractivity contribution in [2.24, 2.45) is 5.92 Å². The summed E-state index contributed by atoms with van der Waals surface area (Å²) in [5.41, 5.74) is 3.92. The van der Waals surface area contributed by atoms with Gasteiger partial charge in [0.25, 0.3) is 0 Å². The third kappa shape index (κ3) is 4.39. The SMILES string of the molecule is Cc1cc(C)c(S(=O)(=O)N2C(/C=C/CC(C)C)C2Cc2ccccc2)c(C)c1. The van der Waals surface area contributed by atoms with Crippen LogP contribution in [0.25, 0.3) is 0 Å². The largest absolute Gasteiger partial charge is 0.244 e. The summed E-state index contributed by atoms with van der Waals surface area (Å²) in [6, 6.07) is 14.0. The average molecular weight is 398 g/mol. The summed E-state index contributed by atoms with van der Waals surface area (Å²) in [6.07, 6.45) is 5.92. The molecule has 3 atom stereocenters. The Bertz CT molecular complexity index is 938. The second-order valence-corrected chi connectivity index (χ2v) is 10.1. The highest BCUT2D eigenvalue weighted by Crippen LogP contribution is 2.40. The normalized spacial score (nSPS) is 22.1. The fourth-order valence-electron chi connectivity index (χ4n) is 4.06. The van der Waals surface area contributed by atoms with Crippen LogP contribution in [0, 0.1) is 26.7 Å². The van der Waals surface area contributed by atoms with Crippen LogP contribution in [-0.4, -0.2) is 24.8 Å². The van der Waals surface area contributed by atoms with E-state index in [4.69, 9.17) is 0 Å². The van der Waals surface area contributed by atoms with Crippen molar-refractivity contribution in [2.45, 2.75) is 64.4 Å². The van der Waals surface area contributed by atoms with Crippen LogP contribution in [0.5, 0.6) is 0 Å². The molecule has 2 aromatic carbocycles. The fourth-order valence-corrected chi connectivity index (χ4v) is 6.24. The van der Waals surface area contributed by atoms with E-state index >= 15 is 0 Å². The van der Waals surface area contributed by atoms with Crippen LogP contribution in [0.1, 0.15) is 42.5 Å². The quantitative estimate of drug-likeness (QED) is 0.476. The van der Waals surface area contributed by atoms with Gasteiger partial charge >= 0.3 is 0 Å². The van der Waals surface area contributed by atoms with E-state index in [0.717, 1.165) is 29.5 Å². The van der Waals surface area contributed by atoms with Crippen LogP contribution < -0.4 is 0 Å². The number of hydrogen-bond acceptors (Lipinski definition) is 2. The van der Waals surface area contributed by atoms with Gasteiger partial charge in [0.05, 0.1) is 17.0 Å². The number of benzene rings is 2. The molecule has 2 aromatic rings. The highest BCUT2D eigenvalue weighted by atomic mass is 32.2. The van der Waals surface area contributed by atoms with Gasteiger partial charge in [-0.25, -0.2) is 8.42 Å². The zero-order valence-corrected chi connectivity index (χ0v) is 18.3. The number of sulfonamides is 1. The third-order valence-electron chi connectivity index (χ3n) is 5.29. The van der Waals surface area contributed by atoms with E-state index in [2.05, 4.69) is 38.1 Å². The zero-order valence-electron chi connectivity index (χ0n) is 17.5. The molecule has 1 saturated heterocycles. The summed E-state index contributed by atoms with van der Waals surface area (Å²) in [6.45, 7) is 10.1. The van der Waals surface area contributed by atoms with Crippen LogP contribution in [0.2, 0.25) is 0 Å². The Morgan fingerprint density at radius 1 is 1.04 bits per heavy atom. The summed E-state index contributed by atoms with van der Waals surface area (Å²) in [5.74, 6) is 0.564. The van der Waals surface area contributed by atoms with Gasteiger partial charge in [0, 0.05) is 0 Å². The van der Waals surface area contributed by atoms with Gasteiger partial charge in [-0.1, -0.05) is 74.0 Å². The highest BCUT2D eigenvalue weighted by molar-refractivity contribution is 7.89. The predicted molar refractivity (Wildman–Crippen MR) is 116 cm³/mol. The number of nitrogens with zero attached hydrogens (tertiary/aromatic N) is 1. The molecule has 0 aliphatic carbocycles. The third-order valence-corrected chi connectivity index (χ3v) is 7.52. The zero-order chi connectivity index (χ0) is 20.5. The molecule has 1 aliphatic rings. The predicted octanol–water partition coefficient (Wildman–Crippen LogP) is 5.20. The minimum Gasteiger partial charge on any atom is -0.207 e. The van der Waals surface area contributed by atoms with Crippen LogP contribution in [-0.2, 0) is 16.4 Å². The monoisotopic (exact) mass is 397 g/mol. The van der Waals surface area contributed by atoms with E-state index in [1.165, 1.54) is 5.56 Å². The van der Waals surface area contributed by atoms with Gasteiger partial charge in [0.2, 0.25) is 10.0 Å². The molecule has 0 saturated carbocycles. The average Bonchev–Trinajstić information content (AvgIpc) is 3.27. The molecule has 0 N–H and O–H groups in total. The van der Waals surface area contributed by atoms with E-state index in [9.17, 15) is 8.42 Å². The Hall–Kier alpha value is -1.91. The first-order chi connectivity index (χ1) is 13.2. The Kier molecular flexibility index (Phi) is 6.11. The molecule has 1 aliphatic heterocycles. The maximum atomic E-state index is 13.5.